The van der Waals surface area contributed by atoms with Crippen molar-refractivity contribution < 1.29 is 14.4 Å². The Morgan fingerprint density at radius 3 is 2.58 bits per heavy atom. The summed E-state index contributed by atoms with van der Waals surface area (Å²) in [6.07, 6.45) is 1.91. The number of piperidine rings is 1. The molecule has 4 rings (SSSR count). The molecule has 0 bridgehead atoms. The topological polar surface area (TPSA) is 99.8 Å². The van der Waals surface area contributed by atoms with Crippen LogP contribution in [0.1, 0.15) is 38.1 Å². The average molecular weight is 444 g/mol. The number of carbonyl (C=O) groups is 3. The van der Waals surface area contributed by atoms with Crippen molar-refractivity contribution in [2.24, 2.45) is 11.7 Å². The average Bonchev–Trinajstić information content (AvgIpc) is 3.21. The van der Waals surface area contributed by atoms with Gasteiger partial charge in [0.2, 0.25) is 5.91 Å². The van der Waals surface area contributed by atoms with Crippen molar-refractivity contribution in [2.45, 2.75) is 45.2 Å². The minimum absolute atomic E-state index is 0.278. The molecule has 1 aromatic carbocycles. The highest BCUT2D eigenvalue weighted by Crippen LogP contribution is 2.38. The number of nitrogens with zero attached hydrogens (tertiary/aromatic N) is 4. The summed E-state index contributed by atoms with van der Waals surface area (Å²) in [7, 11) is 0. The zero-order valence-corrected chi connectivity index (χ0v) is 18.9. The quantitative estimate of drug-likeness (QED) is 0.663. The van der Waals surface area contributed by atoms with Crippen molar-refractivity contribution >= 4 is 39.4 Å². The minimum Gasteiger partial charge on any atom is -0.368 e. The number of fused-ring (bicyclic) bond motifs is 1. The van der Waals surface area contributed by atoms with E-state index in [1.54, 1.807) is 16.2 Å². The molecule has 0 radical (unpaired) electrons. The number of primary amides is 1. The van der Waals surface area contributed by atoms with Crippen LogP contribution in [-0.2, 0) is 16.1 Å². The third kappa shape index (κ3) is 4.16. The van der Waals surface area contributed by atoms with Crippen molar-refractivity contribution in [1.82, 2.24) is 19.7 Å². The minimum atomic E-state index is -0.870. The lowest BCUT2D eigenvalue weighted by molar-refractivity contribution is -0.137. The van der Waals surface area contributed by atoms with Crippen molar-refractivity contribution in [2.75, 3.05) is 26.2 Å². The Morgan fingerprint density at radius 1 is 1.23 bits per heavy atom. The number of benzene rings is 1. The first-order valence-corrected chi connectivity index (χ1v) is 11.6. The molecular weight excluding hydrogens is 414 g/mol. The van der Waals surface area contributed by atoms with Crippen LogP contribution in [0.4, 0.5) is 4.79 Å². The van der Waals surface area contributed by atoms with Crippen LogP contribution in [-0.4, -0.2) is 69.2 Å². The molecule has 8 nitrogen and oxygen atoms in total. The molecule has 4 amide bonds. The molecule has 9 heteroatoms. The van der Waals surface area contributed by atoms with E-state index < -0.39 is 11.4 Å². The van der Waals surface area contributed by atoms with Gasteiger partial charge in [0.15, 0.2) is 0 Å². The Kier molecular flexibility index (Phi) is 5.98. The van der Waals surface area contributed by atoms with E-state index in [1.807, 2.05) is 18.2 Å². The van der Waals surface area contributed by atoms with Crippen molar-refractivity contribution in [3.05, 3.63) is 29.3 Å². The maximum absolute atomic E-state index is 13.3. The number of aromatic nitrogens is 1. The van der Waals surface area contributed by atoms with E-state index in [0.717, 1.165) is 28.4 Å². The highest BCUT2D eigenvalue weighted by Gasteiger charge is 2.57. The molecule has 31 heavy (non-hydrogen) atoms. The predicted molar refractivity (Wildman–Crippen MR) is 119 cm³/mol. The SMILES string of the molecule is CC(C)CCN1C(=O)N(CC(N)=O)C(=O)C12CCN(Cc1nc3ccccc3s1)CC2. The fourth-order valence-corrected chi connectivity index (χ4v) is 5.53. The molecule has 2 fully saturated rings. The van der Waals surface area contributed by atoms with E-state index in [1.165, 1.54) is 4.70 Å². The summed E-state index contributed by atoms with van der Waals surface area (Å²) in [6.45, 7) is 6.46. The van der Waals surface area contributed by atoms with Crippen LogP contribution in [0.15, 0.2) is 24.3 Å². The van der Waals surface area contributed by atoms with Crippen LogP contribution in [0.25, 0.3) is 10.2 Å². The number of imide groups is 1. The number of hydrogen-bond acceptors (Lipinski definition) is 6. The summed E-state index contributed by atoms with van der Waals surface area (Å²) in [5.74, 6) is -0.542. The van der Waals surface area contributed by atoms with Gasteiger partial charge in [-0.25, -0.2) is 9.78 Å². The van der Waals surface area contributed by atoms with Gasteiger partial charge in [-0.15, -0.1) is 11.3 Å². The summed E-state index contributed by atoms with van der Waals surface area (Å²) in [4.78, 5) is 47.5. The maximum Gasteiger partial charge on any atom is 0.328 e. The van der Waals surface area contributed by atoms with Crippen molar-refractivity contribution in [3.8, 4) is 0 Å². The lowest BCUT2D eigenvalue weighted by Gasteiger charge is -2.42. The van der Waals surface area contributed by atoms with Crippen LogP contribution < -0.4 is 5.73 Å². The number of likely N-dealkylation sites (tertiary alicyclic amines) is 1. The van der Waals surface area contributed by atoms with Gasteiger partial charge in [0, 0.05) is 19.6 Å². The maximum atomic E-state index is 13.3. The fourth-order valence-electron chi connectivity index (χ4n) is 4.52. The predicted octanol–water partition coefficient (Wildman–Crippen LogP) is 2.43. The molecule has 0 aliphatic carbocycles. The molecule has 1 aromatic heterocycles. The van der Waals surface area contributed by atoms with Gasteiger partial charge in [0.1, 0.15) is 17.1 Å². The standard InChI is InChI=1S/C22H29N5O3S/c1-15(2)7-10-27-21(30)26(13-18(23)28)20(29)22(27)8-11-25(12-9-22)14-19-24-16-5-3-4-6-17(16)31-19/h3-6,15H,7-14H2,1-2H3,(H2,23,28). The van der Waals surface area contributed by atoms with Crippen LogP contribution in [0.3, 0.4) is 0 Å². The molecule has 2 saturated heterocycles. The Labute approximate surface area is 186 Å². The van der Waals surface area contributed by atoms with Gasteiger partial charge < -0.3 is 10.6 Å². The molecule has 0 unspecified atom stereocenters. The molecule has 3 heterocycles. The van der Waals surface area contributed by atoms with E-state index in [0.29, 0.717) is 38.4 Å². The molecule has 0 saturated carbocycles. The van der Waals surface area contributed by atoms with Crippen molar-refractivity contribution in [1.29, 1.82) is 0 Å². The van der Waals surface area contributed by atoms with Gasteiger partial charge in [-0.2, -0.15) is 0 Å². The summed E-state index contributed by atoms with van der Waals surface area (Å²) in [5.41, 5.74) is 5.44. The number of para-hydroxylation sites is 1. The smallest absolute Gasteiger partial charge is 0.328 e. The zero-order chi connectivity index (χ0) is 22.2. The molecule has 2 aliphatic heterocycles. The number of amides is 4. The molecule has 1 spiro atoms. The van der Waals surface area contributed by atoms with Gasteiger partial charge in [-0.3, -0.25) is 19.4 Å². The van der Waals surface area contributed by atoms with E-state index >= 15 is 0 Å². The molecule has 2 N–H and O–H groups in total. The fraction of sp³-hybridized carbons (Fsp3) is 0.545. The second-order valence-electron chi connectivity index (χ2n) is 8.86. The van der Waals surface area contributed by atoms with Crippen LogP contribution in [0.5, 0.6) is 0 Å². The lowest BCUT2D eigenvalue weighted by Crippen LogP contribution is -2.56. The lowest BCUT2D eigenvalue weighted by atomic mass is 9.85. The van der Waals surface area contributed by atoms with E-state index in [4.69, 9.17) is 10.7 Å². The normalized spacial score (nSPS) is 19.3. The zero-order valence-electron chi connectivity index (χ0n) is 18.0. The number of urea groups is 1. The Hall–Kier alpha value is -2.52. The molecule has 2 aliphatic rings. The molecule has 166 valence electrons. The first kappa shape index (κ1) is 21.7. The highest BCUT2D eigenvalue weighted by molar-refractivity contribution is 7.18. The first-order chi connectivity index (χ1) is 14.8. The van der Waals surface area contributed by atoms with Gasteiger partial charge in [-0.05, 0) is 37.3 Å². The third-order valence-corrected chi connectivity index (χ3v) is 7.27. The third-order valence-electron chi connectivity index (χ3n) is 6.25. The van der Waals surface area contributed by atoms with E-state index in [9.17, 15) is 14.4 Å². The number of rotatable bonds is 7. The van der Waals surface area contributed by atoms with Gasteiger partial charge >= 0.3 is 6.03 Å². The Morgan fingerprint density at radius 2 is 1.94 bits per heavy atom. The van der Waals surface area contributed by atoms with E-state index in [2.05, 4.69) is 24.8 Å². The molecular formula is C22H29N5O3S. The summed E-state index contributed by atoms with van der Waals surface area (Å²) >= 11 is 1.69. The number of hydrogen-bond donors (Lipinski definition) is 1. The monoisotopic (exact) mass is 443 g/mol. The Bertz CT molecular complexity index is 963. The number of carbonyl (C=O) groups excluding carboxylic acids is 3. The number of nitrogens with two attached hydrogens (primary N) is 1. The summed E-state index contributed by atoms with van der Waals surface area (Å²) in [6, 6.07) is 7.71. The van der Waals surface area contributed by atoms with Crippen molar-refractivity contribution in [3.63, 3.8) is 0 Å². The van der Waals surface area contributed by atoms with Gasteiger partial charge in [0.05, 0.1) is 16.8 Å². The van der Waals surface area contributed by atoms with Gasteiger partial charge in [0.25, 0.3) is 5.91 Å². The highest BCUT2D eigenvalue weighted by atomic mass is 32.1. The second kappa shape index (κ2) is 8.55. The summed E-state index contributed by atoms with van der Waals surface area (Å²) in [5, 5.41) is 1.05. The van der Waals surface area contributed by atoms with Crippen LogP contribution in [0, 0.1) is 5.92 Å². The van der Waals surface area contributed by atoms with Gasteiger partial charge in [-0.1, -0.05) is 26.0 Å². The van der Waals surface area contributed by atoms with E-state index in [-0.39, 0.29) is 18.5 Å². The van der Waals surface area contributed by atoms with Crippen LogP contribution in [0.2, 0.25) is 0 Å². The second-order valence-corrected chi connectivity index (χ2v) is 9.97. The first-order valence-electron chi connectivity index (χ1n) is 10.8. The number of thiazole rings is 1. The molecule has 0 atom stereocenters. The molecule has 2 aromatic rings. The largest absolute Gasteiger partial charge is 0.368 e. The summed E-state index contributed by atoms with van der Waals surface area (Å²) < 4.78 is 1.17. The van der Waals surface area contributed by atoms with Crippen LogP contribution >= 0.6 is 11.3 Å². The Balaban J connectivity index is 1.49.